The molecular formula is C15H18N2O5. The Morgan fingerprint density at radius 2 is 1.68 bits per heavy atom. The third kappa shape index (κ3) is 3.62. The van der Waals surface area contributed by atoms with Gasteiger partial charge in [0.1, 0.15) is 5.60 Å². The smallest absolute Gasteiger partial charge is 0.431 e. The van der Waals surface area contributed by atoms with Gasteiger partial charge in [-0.2, -0.15) is 5.48 Å². The number of hydrogen-bond acceptors (Lipinski definition) is 5. The number of carbonyl (C=O) groups excluding carboxylic acids is 3. The summed E-state index contributed by atoms with van der Waals surface area (Å²) in [4.78, 5) is 41.5. The Labute approximate surface area is 128 Å². The van der Waals surface area contributed by atoms with E-state index in [9.17, 15) is 14.4 Å². The number of hydroxylamine groups is 1. The van der Waals surface area contributed by atoms with E-state index in [4.69, 9.17) is 9.57 Å². The zero-order chi connectivity index (χ0) is 16.3. The molecule has 1 aliphatic heterocycles. The molecule has 0 aliphatic carbocycles. The van der Waals surface area contributed by atoms with E-state index in [0.717, 1.165) is 4.90 Å². The van der Waals surface area contributed by atoms with Gasteiger partial charge in [-0.3, -0.25) is 19.3 Å². The van der Waals surface area contributed by atoms with Gasteiger partial charge in [-0.05, 0) is 32.9 Å². The summed E-state index contributed by atoms with van der Waals surface area (Å²) >= 11 is 0. The maximum Gasteiger partial charge on any atom is 0.431 e. The molecule has 1 aromatic rings. The second-order valence-electron chi connectivity index (χ2n) is 5.76. The van der Waals surface area contributed by atoms with Crippen LogP contribution in [0.1, 0.15) is 41.5 Å². The number of imide groups is 1. The van der Waals surface area contributed by atoms with Crippen molar-refractivity contribution in [3.05, 3.63) is 35.4 Å². The minimum Gasteiger partial charge on any atom is -0.442 e. The zero-order valence-corrected chi connectivity index (χ0v) is 12.7. The molecule has 0 saturated carbocycles. The summed E-state index contributed by atoms with van der Waals surface area (Å²) in [5, 5.41) is 0. The summed E-state index contributed by atoms with van der Waals surface area (Å²) in [6.45, 7) is 5.20. The number of ether oxygens (including phenoxy) is 1. The Hall–Kier alpha value is -2.41. The van der Waals surface area contributed by atoms with Gasteiger partial charge in [0, 0.05) is 0 Å². The number of fused-ring (bicyclic) bond motifs is 1. The third-order valence-electron chi connectivity index (χ3n) is 2.85. The summed E-state index contributed by atoms with van der Waals surface area (Å²) in [5.74, 6) is -0.720. The molecular weight excluding hydrogens is 288 g/mol. The first-order chi connectivity index (χ1) is 10.3. The molecule has 7 heteroatoms. The molecule has 0 aromatic heterocycles. The highest BCUT2D eigenvalue weighted by Crippen LogP contribution is 2.21. The van der Waals surface area contributed by atoms with Crippen LogP contribution in [0, 0.1) is 0 Å². The Bertz CT molecular complexity index is 571. The van der Waals surface area contributed by atoms with Gasteiger partial charge in [-0.1, -0.05) is 12.1 Å². The predicted octanol–water partition coefficient (Wildman–Crippen LogP) is 1.74. The average Bonchev–Trinajstić information content (AvgIpc) is 2.67. The lowest BCUT2D eigenvalue weighted by molar-refractivity contribution is -0.0106. The Balaban J connectivity index is 1.81. The van der Waals surface area contributed by atoms with Crippen LogP contribution in [-0.2, 0) is 9.57 Å². The fourth-order valence-electron chi connectivity index (χ4n) is 1.99. The highest BCUT2D eigenvalue weighted by atomic mass is 16.7. The fourth-order valence-corrected chi connectivity index (χ4v) is 1.99. The maximum atomic E-state index is 12.1. The molecule has 0 radical (unpaired) electrons. The van der Waals surface area contributed by atoms with Gasteiger partial charge in [0.05, 0.1) is 24.3 Å². The summed E-state index contributed by atoms with van der Waals surface area (Å²) in [6.07, 6.45) is -0.727. The number of amides is 3. The van der Waals surface area contributed by atoms with E-state index < -0.39 is 11.7 Å². The number of nitrogens with one attached hydrogen (secondary N) is 1. The van der Waals surface area contributed by atoms with Crippen LogP contribution in [0.5, 0.6) is 0 Å². The molecule has 1 aromatic carbocycles. The molecule has 118 valence electrons. The van der Waals surface area contributed by atoms with Gasteiger partial charge in [-0.25, -0.2) is 4.79 Å². The van der Waals surface area contributed by atoms with Crippen molar-refractivity contribution in [2.75, 3.05) is 13.2 Å². The zero-order valence-electron chi connectivity index (χ0n) is 12.7. The van der Waals surface area contributed by atoms with E-state index in [2.05, 4.69) is 5.48 Å². The fraction of sp³-hybridized carbons (Fsp3) is 0.400. The first kappa shape index (κ1) is 16.0. The topological polar surface area (TPSA) is 84.9 Å². The minimum absolute atomic E-state index is 0.0231. The summed E-state index contributed by atoms with van der Waals surface area (Å²) in [7, 11) is 0. The van der Waals surface area contributed by atoms with Crippen molar-refractivity contribution in [2.45, 2.75) is 26.4 Å². The van der Waals surface area contributed by atoms with E-state index in [-0.39, 0.29) is 25.0 Å². The van der Waals surface area contributed by atoms with Crippen LogP contribution < -0.4 is 5.48 Å². The summed E-state index contributed by atoms with van der Waals surface area (Å²) < 4.78 is 4.98. The van der Waals surface area contributed by atoms with Crippen molar-refractivity contribution >= 4 is 17.9 Å². The molecule has 0 fully saturated rings. The van der Waals surface area contributed by atoms with Crippen LogP contribution in [0.4, 0.5) is 4.79 Å². The van der Waals surface area contributed by atoms with Crippen LogP contribution in [0.3, 0.4) is 0 Å². The van der Waals surface area contributed by atoms with E-state index in [1.54, 1.807) is 45.0 Å². The van der Waals surface area contributed by atoms with Crippen molar-refractivity contribution in [1.82, 2.24) is 10.4 Å². The van der Waals surface area contributed by atoms with E-state index in [1.807, 2.05) is 0 Å². The Morgan fingerprint density at radius 3 is 2.18 bits per heavy atom. The molecule has 1 N–H and O–H groups in total. The quantitative estimate of drug-likeness (QED) is 0.520. The molecule has 1 aliphatic rings. The second kappa shape index (κ2) is 6.15. The van der Waals surface area contributed by atoms with Crippen LogP contribution >= 0.6 is 0 Å². The molecule has 0 saturated heterocycles. The van der Waals surface area contributed by atoms with Crippen molar-refractivity contribution in [3.63, 3.8) is 0 Å². The first-order valence-corrected chi connectivity index (χ1v) is 6.85. The van der Waals surface area contributed by atoms with Gasteiger partial charge in [-0.15, -0.1) is 0 Å². The van der Waals surface area contributed by atoms with Crippen molar-refractivity contribution < 1.29 is 24.0 Å². The second-order valence-corrected chi connectivity index (χ2v) is 5.76. The molecule has 0 bridgehead atoms. The SMILES string of the molecule is CC(C)(C)OC(=O)NOCCN1C(=O)c2ccccc2C1=O. The highest BCUT2D eigenvalue weighted by molar-refractivity contribution is 6.21. The van der Waals surface area contributed by atoms with E-state index >= 15 is 0 Å². The molecule has 3 amide bonds. The number of rotatable bonds is 4. The normalized spacial score (nSPS) is 14.0. The average molecular weight is 306 g/mol. The molecule has 2 rings (SSSR count). The molecule has 1 heterocycles. The van der Waals surface area contributed by atoms with Crippen LogP contribution in [-0.4, -0.2) is 41.6 Å². The first-order valence-electron chi connectivity index (χ1n) is 6.85. The predicted molar refractivity (Wildman–Crippen MR) is 77.1 cm³/mol. The van der Waals surface area contributed by atoms with Crippen LogP contribution in [0.25, 0.3) is 0 Å². The third-order valence-corrected chi connectivity index (χ3v) is 2.85. The molecule has 0 spiro atoms. The number of hydrogen-bond donors (Lipinski definition) is 1. The van der Waals surface area contributed by atoms with Gasteiger partial charge in [0.15, 0.2) is 0 Å². The lowest BCUT2D eigenvalue weighted by Gasteiger charge is -2.19. The molecule has 0 atom stereocenters. The van der Waals surface area contributed by atoms with Crippen molar-refractivity contribution in [1.29, 1.82) is 0 Å². The van der Waals surface area contributed by atoms with Gasteiger partial charge >= 0.3 is 6.09 Å². The largest absolute Gasteiger partial charge is 0.442 e. The number of carbonyl (C=O) groups is 3. The maximum absolute atomic E-state index is 12.1. The van der Waals surface area contributed by atoms with E-state index in [0.29, 0.717) is 11.1 Å². The Morgan fingerprint density at radius 1 is 1.14 bits per heavy atom. The van der Waals surface area contributed by atoms with E-state index in [1.165, 1.54) is 0 Å². The standard InChI is InChI=1S/C15H18N2O5/c1-15(2,3)22-14(20)16-21-9-8-17-12(18)10-6-4-5-7-11(10)13(17)19/h4-7H,8-9H2,1-3H3,(H,16,20). The van der Waals surface area contributed by atoms with Gasteiger partial charge in [0.2, 0.25) is 0 Å². The van der Waals surface area contributed by atoms with Crippen LogP contribution in [0.2, 0.25) is 0 Å². The van der Waals surface area contributed by atoms with Gasteiger partial charge < -0.3 is 4.74 Å². The lowest BCUT2D eigenvalue weighted by Crippen LogP contribution is -2.37. The minimum atomic E-state index is -0.727. The van der Waals surface area contributed by atoms with Crippen LogP contribution in [0.15, 0.2) is 24.3 Å². The lowest BCUT2D eigenvalue weighted by atomic mass is 10.1. The monoisotopic (exact) mass is 306 g/mol. The molecule has 0 unspecified atom stereocenters. The molecule has 22 heavy (non-hydrogen) atoms. The van der Waals surface area contributed by atoms with Crippen molar-refractivity contribution in [2.24, 2.45) is 0 Å². The number of benzene rings is 1. The number of nitrogens with zero attached hydrogens (tertiary/aromatic N) is 1. The summed E-state index contributed by atoms with van der Waals surface area (Å²) in [5.41, 5.74) is 2.24. The van der Waals surface area contributed by atoms with Crippen molar-refractivity contribution in [3.8, 4) is 0 Å². The molecule has 7 nitrogen and oxygen atoms in total. The highest BCUT2D eigenvalue weighted by Gasteiger charge is 2.34. The Kier molecular flexibility index (Phi) is 4.46. The summed E-state index contributed by atoms with van der Waals surface area (Å²) in [6, 6.07) is 6.62. The van der Waals surface area contributed by atoms with Gasteiger partial charge in [0.25, 0.3) is 11.8 Å².